The number of benzene rings is 1. The minimum absolute atomic E-state index is 0.0437. The maximum atomic E-state index is 12.0. The fraction of sp³-hybridized carbons (Fsp3) is 0.400. The highest BCUT2D eigenvalue weighted by Crippen LogP contribution is 2.39. The Bertz CT molecular complexity index is 562. The Kier molecular flexibility index (Phi) is 4.36. The highest BCUT2D eigenvalue weighted by atomic mass is 16.2. The number of nitriles is 1. The van der Waals surface area contributed by atoms with Crippen LogP contribution in [0.4, 0.5) is 5.69 Å². The number of anilines is 1. The number of nitrogens with zero attached hydrogens (tertiary/aromatic N) is 1. The van der Waals surface area contributed by atoms with Crippen LogP contribution in [0, 0.1) is 23.2 Å². The molecule has 2 atom stereocenters. The van der Waals surface area contributed by atoms with E-state index in [9.17, 15) is 9.59 Å². The number of nitrogens with one attached hydrogen (secondary N) is 2. The average molecular weight is 271 g/mol. The monoisotopic (exact) mass is 271 g/mol. The second kappa shape index (κ2) is 6.20. The van der Waals surface area contributed by atoms with Crippen LogP contribution in [-0.2, 0) is 9.59 Å². The summed E-state index contributed by atoms with van der Waals surface area (Å²) in [4.78, 5) is 23.7. The van der Waals surface area contributed by atoms with Crippen molar-refractivity contribution in [2.75, 3.05) is 11.9 Å². The van der Waals surface area contributed by atoms with Crippen molar-refractivity contribution >= 4 is 17.5 Å². The van der Waals surface area contributed by atoms with E-state index in [1.54, 1.807) is 24.3 Å². The quantitative estimate of drug-likeness (QED) is 0.854. The third-order valence-electron chi connectivity index (χ3n) is 3.27. The lowest BCUT2D eigenvalue weighted by Gasteiger charge is -2.05. The molecule has 2 N–H and O–H groups in total. The van der Waals surface area contributed by atoms with Gasteiger partial charge in [-0.2, -0.15) is 5.26 Å². The Morgan fingerprint density at radius 2 is 2.10 bits per heavy atom. The summed E-state index contributed by atoms with van der Waals surface area (Å²) in [5.41, 5.74) is 1.09. The fourth-order valence-corrected chi connectivity index (χ4v) is 2.06. The molecule has 20 heavy (non-hydrogen) atoms. The van der Waals surface area contributed by atoms with E-state index in [2.05, 4.69) is 10.6 Å². The molecule has 2 amide bonds. The van der Waals surface area contributed by atoms with Gasteiger partial charge in [0, 0.05) is 12.2 Å². The number of amides is 2. The zero-order valence-corrected chi connectivity index (χ0v) is 11.3. The molecule has 0 saturated heterocycles. The third kappa shape index (κ3) is 3.35. The molecule has 5 nitrogen and oxygen atoms in total. The lowest BCUT2D eigenvalue weighted by atomic mass is 10.2. The van der Waals surface area contributed by atoms with E-state index < -0.39 is 0 Å². The second-order valence-electron chi connectivity index (χ2n) is 4.92. The highest BCUT2D eigenvalue weighted by Gasteiger charge is 2.47. The van der Waals surface area contributed by atoms with Gasteiger partial charge in [0.15, 0.2) is 0 Å². The minimum Gasteiger partial charge on any atom is -0.356 e. The van der Waals surface area contributed by atoms with E-state index >= 15 is 0 Å². The van der Waals surface area contributed by atoms with Crippen molar-refractivity contribution in [1.82, 2.24) is 5.32 Å². The molecule has 104 valence electrons. The summed E-state index contributed by atoms with van der Waals surface area (Å²) in [6, 6.07) is 8.76. The van der Waals surface area contributed by atoms with Gasteiger partial charge in [-0.15, -0.1) is 0 Å². The van der Waals surface area contributed by atoms with Crippen LogP contribution in [0.25, 0.3) is 0 Å². The summed E-state index contributed by atoms with van der Waals surface area (Å²) >= 11 is 0. The van der Waals surface area contributed by atoms with E-state index in [1.807, 2.05) is 13.0 Å². The second-order valence-corrected chi connectivity index (χ2v) is 4.92. The van der Waals surface area contributed by atoms with Crippen molar-refractivity contribution in [2.45, 2.75) is 19.8 Å². The van der Waals surface area contributed by atoms with Crippen molar-refractivity contribution < 1.29 is 9.59 Å². The summed E-state index contributed by atoms with van der Waals surface area (Å²) in [7, 11) is 0. The maximum absolute atomic E-state index is 12.0. The zero-order valence-electron chi connectivity index (χ0n) is 11.3. The lowest BCUT2D eigenvalue weighted by molar-refractivity contribution is -0.125. The highest BCUT2D eigenvalue weighted by molar-refractivity contribution is 5.99. The van der Waals surface area contributed by atoms with Gasteiger partial charge >= 0.3 is 0 Å². The van der Waals surface area contributed by atoms with E-state index in [1.165, 1.54) is 0 Å². The Hall–Kier alpha value is -2.35. The maximum Gasteiger partial charge on any atom is 0.228 e. The van der Waals surface area contributed by atoms with E-state index in [-0.39, 0.29) is 23.7 Å². The number of rotatable bonds is 5. The molecule has 0 radical (unpaired) electrons. The molecule has 1 aliphatic carbocycles. The van der Waals surface area contributed by atoms with Gasteiger partial charge in [0.05, 0.1) is 23.5 Å². The first-order valence-corrected chi connectivity index (χ1v) is 6.74. The fourth-order valence-electron chi connectivity index (χ4n) is 2.06. The summed E-state index contributed by atoms with van der Waals surface area (Å²) < 4.78 is 0. The molecule has 1 aromatic rings. The van der Waals surface area contributed by atoms with Crippen LogP contribution in [0.5, 0.6) is 0 Å². The van der Waals surface area contributed by atoms with Crippen molar-refractivity contribution in [3.8, 4) is 6.07 Å². The molecule has 1 saturated carbocycles. The van der Waals surface area contributed by atoms with Crippen molar-refractivity contribution in [1.29, 1.82) is 5.26 Å². The molecule has 0 bridgehead atoms. The summed E-state index contributed by atoms with van der Waals surface area (Å²) in [6.45, 7) is 2.63. The van der Waals surface area contributed by atoms with Crippen LogP contribution in [0.15, 0.2) is 24.3 Å². The first kappa shape index (κ1) is 14.1. The first-order valence-electron chi connectivity index (χ1n) is 6.74. The predicted octanol–water partition coefficient (Wildman–Crippen LogP) is 1.66. The van der Waals surface area contributed by atoms with E-state index in [4.69, 9.17) is 5.26 Å². The van der Waals surface area contributed by atoms with Gasteiger partial charge in [-0.25, -0.2) is 0 Å². The van der Waals surface area contributed by atoms with Gasteiger partial charge < -0.3 is 10.6 Å². The van der Waals surface area contributed by atoms with Gasteiger partial charge in [-0.3, -0.25) is 9.59 Å². The Balaban J connectivity index is 1.88. The third-order valence-corrected chi connectivity index (χ3v) is 3.27. The number of carbonyl (C=O) groups excluding carboxylic acids is 2. The lowest BCUT2D eigenvalue weighted by Crippen LogP contribution is -2.27. The number of hydrogen-bond acceptors (Lipinski definition) is 3. The van der Waals surface area contributed by atoms with Gasteiger partial charge in [-0.1, -0.05) is 13.0 Å². The summed E-state index contributed by atoms with van der Waals surface area (Å²) in [6.07, 6.45) is 1.48. The minimum atomic E-state index is -0.252. The topological polar surface area (TPSA) is 82.0 Å². The molecule has 2 rings (SSSR count). The summed E-state index contributed by atoms with van der Waals surface area (Å²) in [5, 5.41) is 14.3. The van der Waals surface area contributed by atoms with E-state index in [0.717, 1.165) is 6.42 Å². The average Bonchev–Trinajstić information content (AvgIpc) is 3.25. The summed E-state index contributed by atoms with van der Waals surface area (Å²) in [5.74, 6) is -0.659. The predicted molar refractivity (Wildman–Crippen MR) is 74.7 cm³/mol. The molecule has 1 fully saturated rings. The molecular formula is C15H17N3O2. The van der Waals surface area contributed by atoms with Gasteiger partial charge in [0.1, 0.15) is 0 Å². The first-order chi connectivity index (χ1) is 9.65. The van der Waals surface area contributed by atoms with Crippen LogP contribution in [-0.4, -0.2) is 18.4 Å². The number of carbonyl (C=O) groups is 2. The van der Waals surface area contributed by atoms with Crippen LogP contribution < -0.4 is 10.6 Å². The molecule has 0 heterocycles. The Morgan fingerprint density at radius 1 is 1.35 bits per heavy atom. The standard InChI is InChI=1S/C15H17N3O2/c1-2-6-17-14(19)12-8-13(12)15(20)18-11-5-3-4-10(7-11)9-16/h3-5,7,12-13H,2,6,8H2,1H3,(H,17,19)(H,18,20). The van der Waals surface area contributed by atoms with Crippen LogP contribution in [0.3, 0.4) is 0 Å². The molecule has 5 heteroatoms. The molecule has 1 aliphatic rings. The Labute approximate surface area is 118 Å². The Morgan fingerprint density at radius 3 is 2.80 bits per heavy atom. The van der Waals surface area contributed by atoms with Crippen molar-refractivity contribution in [3.05, 3.63) is 29.8 Å². The molecular weight excluding hydrogens is 254 g/mol. The smallest absolute Gasteiger partial charge is 0.228 e. The molecule has 0 aliphatic heterocycles. The normalized spacial score (nSPS) is 19.8. The van der Waals surface area contributed by atoms with Gasteiger partial charge in [0.25, 0.3) is 0 Å². The van der Waals surface area contributed by atoms with Crippen LogP contribution in [0.1, 0.15) is 25.3 Å². The number of hydrogen-bond donors (Lipinski definition) is 2. The van der Waals surface area contributed by atoms with Crippen LogP contribution in [0.2, 0.25) is 0 Å². The molecule has 1 aromatic carbocycles. The largest absolute Gasteiger partial charge is 0.356 e. The van der Waals surface area contributed by atoms with Crippen LogP contribution >= 0.6 is 0 Å². The van der Waals surface area contributed by atoms with Crippen molar-refractivity contribution in [2.24, 2.45) is 11.8 Å². The molecule has 2 unspecified atom stereocenters. The zero-order chi connectivity index (χ0) is 14.5. The SMILES string of the molecule is CCCNC(=O)C1CC1C(=O)Nc1cccc(C#N)c1. The van der Waals surface area contributed by atoms with Gasteiger partial charge in [-0.05, 0) is 31.0 Å². The van der Waals surface area contributed by atoms with Gasteiger partial charge in [0.2, 0.25) is 11.8 Å². The molecule has 0 aromatic heterocycles. The van der Waals surface area contributed by atoms with E-state index in [0.29, 0.717) is 24.2 Å². The molecule has 0 spiro atoms. The van der Waals surface area contributed by atoms with Crippen molar-refractivity contribution in [3.63, 3.8) is 0 Å².